The summed E-state index contributed by atoms with van der Waals surface area (Å²) in [6, 6.07) is 28.0. The highest BCUT2D eigenvalue weighted by molar-refractivity contribution is 5.85. The molecule has 0 saturated carbocycles. The summed E-state index contributed by atoms with van der Waals surface area (Å²) >= 11 is 0. The van der Waals surface area contributed by atoms with E-state index in [0.29, 0.717) is 43.8 Å². The van der Waals surface area contributed by atoms with Crippen LogP contribution >= 0.6 is 0 Å². The standard InChI is InChI=1S/C26H10N6/c27-11-17-3-1-5-19(7-17)23-9-26(22(15-31)16-32)24(10-25(23)21(13-29)14-30)20-6-2-4-18(8-20)12-28/h1-10H. The third kappa shape index (κ3) is 3.90. The van der Waals surface area contributed by atoms with Crippen molar-refractivity contribution in [3.63, 3.8) is 0 Å². The molecule has 0 aliphatic carbocycles. The maximum atomic E-state index is 9.55. The van der Waals surface area contributed by atoms with Gasteiger partial charge < -0.3 is 0 Å². The van der Waals surface area contributed by atoms with Crippen molar-refractivity contribution >= 4 is 11.1 Å². The minimum Gasteiger partial charge on any atom is -0.192 e. The third-order valence-corrected chi connectivity index (χ3v) is 4.75. The first kappa shape index (κ1) is 21.1. The lowest BCUT2D eigenvalue weighted by Crippen LogP contribution is -2.19. The Bertz CT molecular complexity index is 1480. The van der Waals surface area contributed by atoms with Gasteiger partial charge in [-0.25, -0.2) is 0 Å². The van der Waals surface area contributed by atoms with Gasteiger partial charge in [-0.2, -0.15) is 31.6 Å². The third-order valence-electron chi connectivity index (χ3n) is 4.75. The van der Waals surface area contributed by atoms with E-state index in [1.807, 2.05) is 36.4 Å². The van der Waals surface area contributed by atoms with Gasteiger partial charge in [0, 0.05) is 10.4 Å². The largest absolute Gasteiger partial charge is 0.192 e. The second kappa shape index (κ2) is 9.23. The van der Waals surface area contributed by atoms with Gasteiger partial charge in [-0.05, 0) is 58.7 Å². The summed E-state index contributed by atoms with van der Waals surface area (Å²) in [6.45, 7) is 0. The summed E-state index contributed by atoms with van der Waals surface area (Å²) in [6.07, 6.45) is 0. The van der Waals surface area contributed by atoms with Crippen LogP contribution in [0.4, 0.5) is 0 Å². The summed E-state index contributed by atoms with van der Waals surface area (Å²) < 4.78 is 0. The average molecular weight is 406 g/mol. The molecule has 0 unspecified atom stereocenters. The second-order valence-corrected chi connectivity index (χ2v) is 6.53. The Labute approximate surface area is 183 Å². The number of benzene rings is 3. The Kier molecular flexibility index (Phi) is 6.07. The minimum absolute atomic E-state index is 0.165. The highest BCUT2D eigenvalue weighted by atomic mass is 14.3. The Hall–Kier alpha value is -5.66. The molecule has 0 atom stereocenters. The van der Waals surface area contributed by atoms with Crippen LogP contribution < -0.4 is 10.4 Å². The molecule has 3 rings (SSSR count). The Morgan fingerprint density at radius 2 is 0.875 bits per heavy atom. The van der Waals surface area contributed by atoms with E-state index in [4.69, 9.17) is 0 Å². The number of hydrogen-bond donors (Lipinski definition) is 0. The number of rotatable bonds is 2. The highest BCUT2D eigenvalue weighted by Gasteiger charge is 2.13. The fourth-order valence-corrected chi connectivity index (χ4v) is 3.29. The van der Waals surface area contributed by atoms with Crippen molar-refractivity contribution in [1.82, 2.24) is 0 Å². The van der Waals surface area contributed by atoms with Gasteiger partial charge in [-0.1, -0.05) is 24.3 Å². The van der Waals surface area contributed by atoms with Crippen LogP contribution in [-0.2, 0) is 0 Å². The van der Waals surface area contributed by atoms with E-state index in [9.17, 15) is 31.6 Å². The molecule has 3 aromatic carbocycles. The lowest BCUT2D eigenvalue weighted by molar-refractivity contribution is 1.43. The smallest absolute Gasteiger partial charge is 0.137 e. The van der Waals surface area contributed by atoms with Gasteiger partial charge in [0.25, 0.3) is 0 Å². The average Bonchev–Trinajstić information content (AvgIpc) is 2.85. The van der Waals surface area contributed by atoms with E-state index in [1.165, 1.54) is 0 Å². The van der Waals surface area contributed by atoms with Gasteiger partial charge in [0.05, 0.1) is 23.3 Å². The molecule has 0 spiro atoms. The molecule has 0 radical (unpaired) electrons. The quantitative estimate of drug-likeness (QED) is 0.639. The van der Waals surface area contributed by atoms with Gasteiger partial charge in [-0.15, -0.1) is 0 Å². The zero-order chi connectivity index (χ0) is 23.1. The van der Waals surface area contributed by atoms with Crippen LogP contribution in [-0.4, -0.2) is 0 Å². The van der Waals surface area contributed by atoms with E-state index in [2.05, 4.69) is 0 Å². The topological polar surface area (TPSA) is 143 Å². The van der Waals surface area contributed by atoms with Crippen LogP contribution in [0.3, 0.4) is 0 Å². The van der Waals surface area contributed by atoms with Gasteiger partial charge in [0.15, 0.2) is 0 Å². The number of nitrogens with zero attached hydrogens (tertiary/aromatic N) is 6. The first-order valence-electron chi connectivity index (χ1n) is 9.14. The maximum absolute atomic E-state index is 9.55. The van der Waals surface area contributed by atoms with Crippen LogP contribution in [0.5, 0.6) is 0 Å². The van der Waals surface area contributed by atoms with Crippen LogP contribution in [0.1, 0.15) is 11.1 Å². The molecule has 0 saturated heterocycles. The normalized spacial score (nSPS) is 9.06. The molecule has 0 fully saturated rings. The fraction of sp³-hybridized carbons (Fsp3) is 0. The van der Waals surface area contributed by atoms with E-state index >= 15 is 0 Å². The molecule has 0 aromatic heterocycles. The Morgan fingerprint density at radius 3 is 1.19 bits per heavy atom. The summed E-state index contributed by atoms with van der Waals surface area (Å²) in [5.41, 5.74) is 2.38. The first-order valence-corrected chi connectivity index (χ1v) is 9.14. The van der Waals surface area contributed by atoms with E-state index in [0.717, 1.165) is 0 Å². The molecule has 0 aliphatic rings. The van der Waals surface area contributed by atoms with Crippen molar-refractivity contribution in [3.05, 3.63) is 82.2 Å². The molecule has 0 aliphatic heterocycles. The first-order chi connectivity index (χ1) is 15.6. The predicted octanol–water partition coefficient (Wildman–Crippen LogP) is 3.16. The Morgan fingerprint density at radius 1 is 0.500 bits per heavy atom. The van der Waals surface area contributed by atoms with Crippen LogP contribution in [0, 0.1) is 68.0 Å². The van der Waals surface area contributed by atoms with Gasteiger partial charge >= 0.3 is 0 Å². The highest BCUT2D eigenvalue weighted by Crippen LogP contribution is 2.22. The van der Waals surface area contributed by atoms with Crippen molar-refractivity contribution in [2.24, 2.45) is 0 Å². The number of nitriles is 6. The fourth-order valence-electron chi connectivity index (χ4n) is 3.29. The van der Waals surface area contributed by atoms with E-state index < -0.39 is 0 Å². The molecule has 3 aromatic rings. The summed E-state index contributed by atoms with van der Waals surface area (Å²) in [5, 5.41) is 57.3. The Balaban J connectivity index is 2.62. The lowest BCUT2D eigenvalue weighted by Gasteiger charge is -2.10. The molecule has 32 heavy (non-hydrogen) atoms. The number of hydrogen-bond acceptors (Lipinski definition) is 6. The summed E-state index contributed by atoms with van der Waals surface area (Å²) in [7, 11) is 0. The van der Waals surface area contributed by atoms with Crippen molar-refractivity contribution in [2.75, 3.05) is 0 Å². The van der Waals surface area contributed by atoms with E-state index in [-0.39, 0.29) is 11.1 Å². The zero-order valence-electron chi connectivity index (χ0n) is 16.5. The van der Waals surface area contributed by atoms with E-state index in [1.54, 1.807) is 60.7 Å². The second-order valence-electron chi connectivity index (χ2n) is 6.53. The molecule has 144 valence electrons. The van der Waals surface area contributed by atoms with Crippen molar-refractivity contribution < 1.29 is 0 Å². The van der Waals surface area contributed by atoms with Crippen molar-refractivity contribution in [1.29, 1.82) is 31.6 Å². The maximum Gasteiger partial charge on any atom is 0.137 e. The molecule has 0 bridgehead atoms. The molecular weight excluding hydrogens is 396 g/mol. The molecule has 0 N–H and O–H groups in total. The molecule has 6 heteroatoms. The van der Waals surface area contributed by atoms with Gasteiger partial charge in [0.1, 0.15) is 35.4 Å². The van der Waals surface area contributed by atoms with Gasteiger partial charge in [-0.3, -0.25) is 0 Å². The van der Waals surface area contributed by atoms with Crippen LogP contribution in [0.2, 0.25) is 0 Å². The minimum atomic E-state index is -0.165. The monoisotopic (exact) mass is 406 g/mol. The van der Waals surface area contributed by atoms with Crippen LogP contribution in [0.25, 0.3) is 33.4 Å². The summed E-state index contributed by atoms with van der Waals surface area (Å²) in [5.74, 6) is 0. The molecular formula is C26H10N6. The van der Waals surface area contributed by atoms with Crippen molar-refractivity contribution in [3.8, 4) is 58.7 Å². The SMILES string of the molecule is N#CC(C#N)=c1cc(-c2cccc(C#N)c2)c(=C(C#N)C#N)cc1-c1cccc(C#N)c1. The zero-order valence-corrected chi connectivity index (χ0v) is 16.5. The van der Waals surface area contributed by atoms with Gasteiger partial charge in [0.2, 0.25) is 0 Å². The molecule has 6 nitrogen and oxygen atoms in total. The predicted molar refractivity (Wildman–Crippen MR) is 115 cm³/mol. The molecule has 0 amide bonds. The van der Waals surface area contributed by atoms with Crippen molar-refractivity contribution in [2.45, 2.75) is 0 Å². The lowest BCUT2D eigenvalue weighted by atomic mass is 9.91. The molecule has 0 heterocycles. The summed E-state index contributed by atoms with van der Waals surface area (Å²) in [4.78, 5) is 0. The van der Waals surface area contributed by atoms with Crippen LogP contribution in [0.15, 0.2) is 60.7 Å².